The van der Waals surface area contributed by atoms with Crippen LogP contribution in [0.3, 0.4) is 0 Å². The van der Waals surface area contributed by atoms with Gasteiger partial charge in [0.2, 0.25) is 0 Å². The van der Waals surface area contributed by atoms with E-state index in [1.54, 1.807) is 19.9 Å². The highest BCUT2D eigenvalue weighted by molar-refractivity contribution is 9.10. The zero-order chi connectivity index (χ0) is 22.9. The highest BCUT2D eigenvalue weighted by atomic mass is 79.9. The molecule has 0 unspecified atom stereocenters. The Morgan fingerprint density at radius 3 is 2.20 bits per heavy atom. The Balaban J connectivity index is 2.30. The SMILES string of the molecule is CC(C)(C)COc1cc2oc(=O)cc(COC(C)(C)C(=O)CC(C)(C)C)c2cc1Br. The second-order valence-corrected chi connectivity index (χ2v) is 11.5. The molecule has 5 nitrogen and oxygen atoms in total. The molecule has 30 heavy (non-hydrogen) atoms. The minimum atomic E-state index is -0.956. The molecule has 0 N–H and O–H groups in total. The van der Waals surface area contributed by atoms with E-state index in [0.29, 0.717) is 29.9 Å². The van der Waals surface area contributed by atoms with Crippen molar-refractivity contribution in [3.05, 3.63) is 38.7 Å². The van der Waals surface area contributed by atoms with E-state index in [0.717, 1.165) is 9.86 Å². The number of Topliss-reactive ketones (excluding diaryl/α,β-unsaturated/α-hetero) is 1. The van der Waals surface area contributed by atoms with Crippen LogP contribution >= 0.6 is 15.9 Å². The average Bonchev–Trinajstić information content (AvgIpc) is 2.56. The van der Waals surface area contributed by atoms with E-state index in [1.807, 2.05) is 26.8 Å². The van der Waals surface area contributed by atoms with Gasteiger partial charge in [-0.05, 0) is 52.2 Å². The molecule has 6 heteroatoms. The van der Waals surface area contributed by atoms with Crippen LogP contribution in [0.4, 0.5) is 0 Å². The van der Waals surface area contributed by atoms with Gasteiger partial charge in [-0.2, -0.15) is 0 Å². The van der Waals surface area contributed by atoms with Gasteiger partial charge in [-0.1, -0.05) is 41.5 Å². The van der Waals surface area contributed by atoms with Crippen LogP contribution in [0.2, 0.25) is 0 Å². The maximum atomic E-state index is 12.7. The molecule has 166 valence electrons. The van der Waals surface area contributed by atoms with Gasteiger partial charge in [-0.25, -0.2) is 4.79 Å². The molecule has 0 atom stereocenters. The fourth-order valence-corrected chi connectivity index (χ4v) is 3.24. The van der Waals surface area contributed by atoms with Gasteiger partial charge in [0.1, 0.15) is 16.9 Å². The van der Waals surface area contributed by atoms with E-state index in [-0.39, 0.29) is 23.2 Å². The Morgan fingerprint density at radius 1 is 1.00 bits per heavy atom. The quantitative estimate of drug-likeness (QED) is 0.436. The van der Waals surface area contributed by atoms with E-state index in [4.69, 9.17) is 13.9 Å². The fourth-order valence-electron chi connectivity index (χ4n) is 2.79. The van der Waals surface area contributed by atoms with Gasteiger partial charge in [0.05, 0.1) is 17.7 Å². The molecule has 0 aliphatic heterocycles. The smallest absolute Gasteiger partial charge is 0.336 e. The number of halogens is 1. The third kappa shape index (κ3) is 6.95. The zero-order valence-corrected chi connectivity index (χ0v) is 20.9. The van der Waals surface area contributed by atoms with Gasteiger partial charge in [-0.3, -0.25) is 4.79 Å². The maximum Gasteiger partial charge on any atom is 0.336 e. The predicted molar refractivity (Wildman–Crippen MR) is 123 cm³/mol. The van der Waals surface area contributed by atoms with Crippen LogP contribution in [-0.2, 0) is 16.1 Å². The number of rotatable bonds is 7. The summed E-state index contributed by atoms with van der Waals surface area (Å²) in [4.78, 5) is 24.8. The summed E-state index contributed by atoms with van der Waals surface area (Å²) in [6.45, 7) is 16.5. The van der Waals surface area contributed by atoms with Crippen molar-refractivity contribution < 1.29 is 18.7 Å². The Labute approximate surface area is 187 Å². The van der Waals surface area contributed by atoms with Crippen LogP contribution in [0.25, 0.3) is 11.0 Å². The number of benzene rings is 1. The number of fused-ring (bicyclic) bond motifs is 1. The first-order chi connectivity index (χ1) is 13.6. The molecule has 1 aromatic carbocycles. The molecular weight excluding hydrogens is 448 g/mol. The van der Waals surface area contributed by atoms with Crippen LogP contribution in [0.5, 0.6) is 5.75 Å². The van der Waals surface area contributed by atoms with Crippen LogP contribution < -0.4 is 10.4 Å². The molecule has 0 fully saturated rings. The fraction of sp³-hybridized carbons (Fsp3) is 0.583. The molecule has 0 amide bonds. The normalized spacial score (nSPS) is 13.0. The highest BCUT2D eigenvalue weighted by Crippen LogP contribution is 2.33. The summed E-state index contributed by atoms with van der Waals surface area (Å²) in [5.41, 5.74) is -0.456. The Morgan fingerprint density at radius 2 is 1.63 bits per heavy atom. The molecule has 2 rings (SSSR count). The van der Waals surface area contributed by atoms with Crippen molar-refractivity contribution in [1.82, 2.24) is 0 Å². The number of carbonyl (C=O) groups excluding carboxylic acids is 1. The molecular formula is C24H33BrO5. The van der Waals surface area contributed by atoms with Crippen LogP contribution in [0.1, 0.15) is 67.4 Å². The number of ketones is 1. The lowest BCUT2D eigenvalue weighted by molar-refractivity contribution is -0.143. The molecule has 0 saturated heterocycles. The number of ether oxygens (including phenoxy) is 2. The topological polar surface area (TPSA) is 65.7 Å². The van der Waals surface area contributed by atoms with E-state index in [9.17, 15) is 9.59 Å². The van der Waals surface area contributed by atoms with Crippen molar-refractivity contribution in [3.8, 4) is 5.75 Å². The summed E-state index contributed by atoms with van der Waals surface area (Å²) in [5, 5.41) is 0.739. The Kier molecular flexibility index (Phi) is 7.25. The van der Waals surface area contributed by atoms with Crippen molar-refractivity contribution in [1.29, 1.82) is 0 Å². The van der Waals surface area contributed by atoms with Crippen LogP contribution in [0.15, 0.2) is 31.9 Å². The van der Waals surface area contributed by atoms with E-state index < -0.39 is 11.2 Å². The van der Waals surface area contributed by atoms with Crippen LogP contribution in [0, 0.1) is 10.8 Å². The molecule has 0 saturated carbocycles. The summed E-state index contributed by atoms with van der Waals surface area (Å²) in [6.07, 6.45) is 0.414. The van der Waals surface area contributed by atoms with Crippen molar-refractivity contribution in [2.75, 3.05) is 6.61 Å². The van der Waals surface area contributed by atoms with Gasteiger partial charge in [0.25, 0.3) is 0 Å². The lowest BCUT2D eigenvalue weighted by Crippen LogP contribution is -2.37. The maximum absolute atomic E-state index is 12.7. The first kappa shape index (κ1) is 24.6. The van der Waals surface area contributed by atoms with Crippen molar-refractivity contribution in [3.63, 3.8) is 0 Å². The van der Waals surface area contributed by atoms with Crippen molar-refractivity contribution >= 4 is 32.7 Å². The van der Waals surface area contributed by atoms with E-state index in [1.165, 1.54) is 6.07 Å². The van der Waals surface area contributed by atoms with Crippen molar-refractivity contribution in [2.45, 2.75) is 74.0 Å². The molecule has 0 bridgehead atoms. The molecule has 2 aromatic rings. The van der Waals surface area contributed by atoms with Gasteiger partial charge >= 0.3 is 5.63 Å². The minimum absolute atomic E-state index is 0.00387. The van der Waals surface area contributed by atoms with Crippen LogP contribution in [-0.4, -0.2) is 18.0 Å². The second-order valence-electron chi connectivity index (χ2n) is 10.7. The molecule has 0 spiro atoms. The van der Waals surface area contributed by atoms with Gasteiger partial charge in [-0.15, -0.1) is 0 Å². The highest BCUT2D eigenvalue weighted by Gasteiger charge is 2.31. The summed E-state index contributed by atoms with van der Waals surface area (Å²) in [7, 11) is 0. The number of carbonyl (C=O) groups is 1. The monoisotopic (exact) mass is 480 g/mol. The molecule has 0 aliphatic rings. The lowest BCUT2D eigenvalue weighted by atomic mass is 9.85. The summed E-state index contributed by atoms with van der Waals surface area (Å²) >= 11 is 3.54. The molecule has 0 radical (unpaired) electrons. The predicted octanol–water partition coefficient (Wildman–Crippen LogP) is 6.28. The third-order valence-electron chi connectivity index (χ3n) is 4.49. The zero-order valence-electron chi connectivity index (χ0n) is 19.3. The third-order valence-corrected chi connectivity index (χ3v) is 5.11. The van der Waals surface area contributed by atoms with E-state index >= 15 is 0 Å². The Hall–Kier alpha value is -1.66. The Bertz CT molecular complexity index is 974. The van der Waals surface area contributed by atoms with Crippen molar-refractivity contribution in [2.24, 2.45) is 10.8 Å². The first-order valence-electron chi connectivity index (χ1n) is 10.1. The lowest BCUT2D eigenvalue weighted by Gasteiger charge is -2.28. The average molecular weight is 481 g/mol. The summed E-state index contributed by atoms with van der Waals surface area (Å²) < 4.78 is 18.0. The first-order valence-corrected chi connectivity index (χ1v) is 10.9. The standard InChI is InChI=1S/C24H33BrO5/c1-22(2,3)12-20(26)24(7,8)29-13-15-9-21(27)30-18-11-19(17(25)10-16(15)18)28-14-23(4,5)6/h9-11H,12-14H2,1-8H3. The van der Waals surface area contributed by atoms with Gasteiger partial charge in [0.15, 0.2) is 5.78 Å². The van der Waals surface area contributed by atoms with Gasteiger partial charge < -0.3 is 13.9 Å². The minimum Gasteiger partial charge on any atom is -0.492 e. The number of hydrogen-bond donors (Lipinski definition) is 0. The molecule has 0 aliphatic carbocycles. The van der Waals surface area contributed by atoms with Gasteiger partial charge in [0, 0.05) is 23.9 Å². The molecule has 1 heterocycles. The summed E-state index contributed by atoms with van der Waals surface area (Å²) in [5.74, 6) is 0.639. The molecule has 1 aromatic heterocycles. The number of hydrogen-bond acceptors (Lipinski definition) is 5. The van der Waals surface area contributed by atoms with E-state index in [2.05, 4.69) is 36.7 Å². The second kappa shape index (κ2) is 8.83. The summed E-state index contributed by atoms with van der Waals surface area (Å²) in [6, 6.07) is 4.99. The largest absolute Gasteiger partial charge is 0.492 e.